The summed E-state index contributed by atoms with van der Waals surface area (Å²) < 4.78 is 5.88. The maximum atomic E-state index is 12.0. The van der Waals surface area contributed by atoms with Crippen LogP contribution in [0.4, 0.5) is 0 Å². The quantitative estimate of drug-likeness (QED) is 0.929. The summed E-state index contributed by atoms with van der Waals surface area (Å²) in [4.78, 5) is 16.3. The maximum absolute atomic E-state index is 12.0. The second-order valence-corrected chi connectivity index (χ2v) is 5.81. The largest absolute Gasteiger partial charge is 0.496 e. The van der Waals surface area contributed by atoms with E-state index in [9.17, 15) is 4.79 Å². The molecule has 1 heterocycles. The number of aryl methyl sites for hydroxylation is 1. The van der Waals surface area contributed by atoms with Crippen molar-refractivity contribution in [2.75, 3.05) is 7.11 Å². The van der Waals surface area contributed by atoms with Crippen molar-refractivity contribution >= 4 is 33.2 Å². The number of methoxy groups -OCH3 is 1. The summed E-state index contributed by atoms with van der Waals surface area (Å²) in [6.07, 6.45) is 0. The molecule has 0 unspecified atom stereocenters. The van der Waals surface area contributed by atoms with Gasteiger partial charge in [0, 0.05) is 10.9 Å². The van der Waals surface area contributed by atoms with Gasteiger partial charge in [-0.1, -0.05) is 0 Å². The number of benzene rings is 1. The fraction of sp³-hybridized carbons (Fsp3) is 0.231. The second kappa shape index (κ2) is 6.16. The first kappa shape index (κ1) is 14.0. The first-order chi connectivity index (χ1) is 9.10. The number of carbonyl (C=O) groups is 1. The van der Waals surface area contributed by atoms with E-state index < -0.39 is 0 Å². The van der Waals surface area contributed by atoms with Crippen LogP contribution in [-0.2, 0) is 6.54 Å². The highest BCUT2D eigenvalue weighted by atomic mass is 79.9. The first-order valence-electron chi connectivity index (χ1n) is 5.63. The van der Waals surface area contributed by atoms with Gasteiger partial charge in [0.1, 0.15) is 5.75 Å². The van der Waals surface area contributed by atoms with Crippen LogP contribution < -0.4 is 10.1 Å². The molecule has 1 amide bonds. The summed E-state index contributed by atoms with van der Waals surface area (Å²) >= 11 is 4.93. The Bertz CT molecular complexity index is 598. The zero-order chi connectivity index (χ0) is 13.8. The van der Waals surface area contributed by atoms with Crippen LogP contribution in [0.5, 0.6) is 5.75 Å². The molecule has 2 aromatic rings. The van der Waals surface area contributed by atoms with Crippen molar-refractivity contribution in [1.29, 1.82) is 0 Å². The summed E-state index contributed by atoms with van der Waals surface area (Å²) in [6.45, 7) is 2.38. The lowest BCUT2D eigenvalue weighted by Crippen LogP contribution is -2.22. The van der Waals surface area contributed by atoms with E-state index in [4.69, 9.17) is 4.74 Å². The van der Waals surface area contributed by atoms with Gasteiger partial charge in [0.2, 0.25) is 0 Å². The Morgan fingerprint density at radius 2 is 2.32 bits per heavy atom. The molecule has 0 aliphatic rings. The molecular weight excluding hydrogens is 328 g/mol. The van der Waals surface area contributed by atoms with E-state index in [0.29, 0.717) is 17.9 Å². The Hall–Kier alpha value is -1.40. The van der Waals surface area contributed by atoms with Crippen LogP contribution in [-0.4, -0.2) is 18.0 Å². The number of aromatic nitrogens is 1. The van der Waals surface area contributed by atoms with E-state index in [-0.39, 0.29) is 5.91 Å². The molecular formula is C13H13BrN2O2S. The summed E-state index contributed by atoms with van der Waals surface area (Å²) in [6, 6.07) is 5.22. The highest BCUT2D eigenvalue weighted by Crippen LogP contribution is 2.25. The van der Waals surface area contributed by atoms with Gasteiger partial charge in [-0.2, -0.15) is 0 Å². The van der Waals surface area contributed by atoms with Crippen LogP contribution >= 0.6 is 27.3 Å². The second-order valence-electron chi connectivity index (χ2n) is 3.89. The maximum Gasteiger partial charge on any atom is 0.251 e. The van der Waals surface area contributed by atoms with Crippen LogP contribution in [0.15, 0.2) is 28.1 Å². The predicted molar refractivity (Wildman–Crippen MR) is 78.7 cm³/mol. The number of halogens is 1. The first-order valence-corrected chi connectivity index (χ1v) is 7.30. The van der Waals surface area contributed by atoms with Crippen LogP contribution in [0.1, 0.15) is 21.1 Å². The zero-order valence-corrected chi connectivity index (χ0v) is 13.0. The summed E-state index contributed by atoms with van der Waals surface area (Å²) in [5.41, 5.74) is 1.46. The van der Waals surface area contributed by atoms with Gasteiger partial charge in [-0.3, -0.25) is 4.79 Å². The molecule has 1 aromatic heterocycles. The number of carbonyl (C=O) groups excluding carboxylic acids is 1. The molecule has 2 rings (SSSR count). The fourth-order valence-corrected chi connectivity index (χ4v) is 2.72. The van der Waals surface area contributed by atoms with Crippen molar-refractivity contribution in [3.8, 4) is 5.75 Å². The molecule has 0 aliphatic heterocycles. The summed E-state index contributed by atoms with van der Waals surface area (Å²) in [5, 5.41) is 5.78. The number of rotatable bonds is 4. The van der Waals surface area contributed by atoms with Crippen molar-refractivity contribution in [2.45, 2.75) is 13.5 Å². The minimum absolute atomic E-state index is 0.131. The standard InChI is InChI=1S/C13H13BrN2O2S/c1-8-16-10(7-19-8)6-15-13(17)9-3-4-12(18-2)11(14)5-9/h3-5,7H,6H2,1-2H3,(H,15,17). The lowest BCUT2D eigenvalue weighted by atomic mass is 10.2. The third kappa shape index (κ3) is 3.54. The Morgan fingerprint density at radius 1 is 1.53 bits per heavy atom. The molecule has 6 heteroatoms. The fourth-order valence-electron chi connectivity index (χ4n) is 1.57. The van der Waals surface area contributed by atoms with Gasteiger partial charge < -0.3 is 10.1 Å². The Morgan fingerprint density at radius 3 is 2.89 bits per heavy atom. The Kier molecular flexibility index (Phi) is 4.55. The highest BCUT2D eigenvalue weighted by molar-refractivity contribution is 9.10. The van der Waals surface area contributed by atoms with Crippen molar-refractivity contribution in [1.82, 2.24) is 10.3 Å². The van der Waals surface area contributed by atoms with E-state index in [1.807, 2.05) is 12.3 Å². The van der Waals surface area contributed by atoms with Crippen molar-refractivity contribution in [3.05, 3.63) is 44.3 Å². The normalized spacial score (nSPS) is 10.3. The van der Waals surface area contributed by atoms with Gasteiger partial charge in [-0.25, -0.2) is 4.98 Å². The van der Waals surface area contributed by atoms with E-state index in [1.165, 1.54) is 0 Å². The average Bonchev–Trinajstić information content (AvgIpc) is 2.81. The van der Waals surface area contributed by atoms with Crippen LogP contribution in [0.3, 0.4) is 0 Å². The molecule has 0 spiro atoms. The molecule has 1 N–H and O–H groups in total. The van der Waals surface area contributed by atoms with E-state index in [0.717, 1.165) is 15.2 Å². The van der Waals surface area contributed by atoms with Crippen LogP contribution in [0, 0.1) is 6.92 Å². The van der Waals surface area contributed by atoms with Crippen LogP contribution in [0.25, 0.3) is 0 Å². The van der Waals surface area contributed by atoms with Crippen molar-refractivity contribution < 1.29 is 9.53 Å². The van der Waals surface area contributed by atoms with Gasteiger partial charge in [0.25, 0.3) is 5.91 Å². The molecule has 0 aliphatic carbocycles. The monoisotopic (exact) mass is 340 g/mol. The number of hydrogen-bond donors (Lipinski definition) is 1. The molecule has 0 saturated carbocycles. The number of amides is 1. The third-order valence-electron chi connectivity index (χ3n) is 2.51. The Labute approximate surface area is 124 Å². The van der Waals surface area contributed by atoms with Gasteiger partial charge >= 0.3 is 0 Å². The summed E-state index contributed by atoms with van der Waals surface area (Å²) in [7, 11) is 1.59. The minimum atomic E-state index is -0.131. The molecule has 100 valence electrons. The van der Waals surface area contributed by atoms with Gasteiger partial charge in [-0.15, -0.1) is 11.3 Å². The van der Waals surface area contributed by atoms with Crippen molar-refractivity contribution in [2.24, 2.45) is 0 Å². The number of nitrogens with one attached hydrogen (secondary N) is 1. The SMILES string of the molecule is COc1ccc(C(=O)NCc2csc(C)n2)cc1Br. The number of nitrogens with zero attached hydrogens (tertiary/aromatic N) is 1. The molecule has 19 heavy (non-hydrogen) atoms. The molecule has 4 nitrogen and oxygen atoms in total. The van der Waals surface area contributed by atoms with Crippen LogP contribution in [0.2, 0.25) is 0 Å². The molecule has 0 fully saturated rings. The van der Waals surface area contributed by atoms with Gasteiger partial charge in [-0.05, 0) is 41.1 Å². The highest BCUT2D eigenvalue weighted by Gasteiger charge is 2.09. The molecule has 0 saturated heterocycles. The average molecular weight is 341 g/mol. The topological polar surface area (TPSA) is 51.2 Å². The number of thiazole rings is 1. The number of hydrogen-bond acceptors (Lipinski definition) is 4. The van der Waals surface area contributed by atoms with E-state index in [1.54, 1.807) is 36.6 Å². The molecule has 0 radical (unpaired) electrons. The summed E-state index contributed by atoms with van der Waals surface area (Å²) in [5.74, 6) is 0.570. The van der Waals surface area contributed by atoms with E-state index >= 15 is 0 Å². The lowest BCUT2D eigenvalue weighted by Gasteiger charge is -2.06. The Balaban J connectivity index is 2.01. The smallest absolute Gasteiger partial charge is 0.251 e. The molecule has 0 atom stereocenters. The minimum Gasteiger partial charge on any atom is -0.496 e. The molecule has 1 aromatic carbocycles. The van der Waals surface area contributed by atoms with Gasteiger partial charge in [0.15, 0.2) is 0 Å². The predicted octanol–water partition coefficient (Wildman–Crippen LogP) is 3.15. The third-order valence-corrected chi connectivity index (χ3v) is 3.95. The van der Waals surface area contributed by atoms with Crippen molar-refractivity contribution in [3.63, 3.8) is 0 Å². The van der Waals surface area contributed by atoms with Gasteiger partial charge in [0.05, 0.1) is 28.8 Å². The molecule has 0 bridgehead atoms. The lowest BCUT2D eigenvalue weighted by molar-refractivity contribution is 0.0950. The zero-order valence-electron chi connectivity index (χ0n) is 10.6. The number of ether oxygens (including phenoxy) is 1. The van der Waals surface area contributed by atoms with E-state index in [2.05, 4.69) is 26.2 Å².